The van der Waals surface area contributed by atoms with E-state index in [9.17, 15) is 28.8 Å². The van der Waals surface area contributed by atoms with E-state index in [-0.39, 0.29) is 12.8 Å². The third-order valence-electron chi connectivity index (χ3n) is 4.42. The summed E-state index contributed by atoms with van der Waals surface area (Å²) in [5.41, 5.74) is 16.1. The second-order valence-electron chi connectivity index (χ2n) is 7.20. The molecular weight excluding hydrogens is 444 g/mol. The molecule has 0 radical (unpaired) electrons. The van der Waals surface area contributed by atoms with Crippen molar-refractivity contribution >= 4 is 35.6 Å². The van der Waals surface area contributed by atoms with E-state index in [1.807, 2.05) is 0 Å². The van der Waals surface area contributed by atoms with Crippen molar-refractivity contribution < 1.29 is 44.1 Å². The minimum absolute atomic E-state index is 0.0436. The predicted octanol–water partition coefficient (Wildman–Crippen LogP) is -4.29. The minimum atomic E-state index is -1.61. The first-order valence-electron chi connectivity index (χ1n) is 10.1. The molecule has 12 N–H and O–H groups in total. The Bertz CT molecular complexity index is 718. The fourth-order valence-electron chi connectivity index (χ4n) is 2.59. The quantitative estimate of drug-likeness (QED) is 0.0905. The van der Waals surface area contributed by atoms with Crippen LogP contribution in [0.15, 0.2) is 0 Å². The van der Waals surface area contributed by atoms with Gasteiger partial charge >= 0.3 is 11.9 Å². The third kappa shape index (κ3) is 12.4. The smallest absolute Gasteiger partial charge is 0.328 e. The molecule has 0 saturated heterocycles. The van der Waals surface area contributed by atoms with Gasteiger partial charge in [0.2, 0.25) is 23.6 Å². The van der Waals surface area contributed by atoms with Gasteiger partial charge in [-0.2, -0.15) is 0 Å². The first-order valence-corrected chi connectivity index (χ1v) is 10.1. The van der Waals surface area contributed by atoms with Crippen LogP contribution < -0.4 is 33.2 Å². The van der Waals surface area contributed by atoms with Crippen LogP contribution in [0.1, 0.15) is 38.5 Å². The molecule has 15 nitrogen and oxygen atoms in total. The second kappa shape index (κ2) is 15.5. The van der Waals surface area contributed by atoms with E-state index in [0.717, 1.165) is 0 Å². The van der Waals surface area contributed by atoms with E-state index in [1.54, 1.807) is 0 Å². The Labute approximate surface area is 189 Å². The minimum Gasteiger partial charge on any atom is -0.481 e. The summed E-state index contributed by atoms with van der Waals surface area (Å²) in [5.74, 6) is -6.43. The molecular formula is C18H32N6O9. The Morgan fingerprint density at radius 3 is 1.82 bits per heavy atom. The summed E-state index contributed by atoms with van der Waals surface area (Å²) in [6.07, 6.45) is -0.370. The van der Waals surface area contributed by atoms with Crippen molar-refractivity contribution in [1.82, 2.24) is 16.0 Å². The van der Waals surface area contributed by atoms with E-state index in [0.29, 0.717) is 19.4 Å². The Morgan fingerprint density at radius 2 is 1.33 bits per heavy atom. The van der Waals surface area contributed by atoms with E-state index < -0.39 is 79.2 Å². The highest BCUT2D eigenvalue weighted by atomic mass is 16.4. The lowest BCUT2D eigenvalue weighted by molar-refractivity contribution is -0.143. The number of carboxylic acid groups (broad SMARTS) is 2. The largest absolute Gasteiger partial charge is 0.481 e. The van der Waals surface area contributed by atoms with Crippen molar-refractivity contribution in [3.63, 3.8) is 0 Å². The summed E-state index contributed by atoms with van der Waals surface area (Å²) in [6, 6.07) is -5.69. The number of primary amides is 1. The molecule has 0 aromatic rings. The van der Waals surface area contributed by atoms with E-state index >= 15 is 0 Å². The topological polar surface area (TPSA) is 277 Å². The normalized spacial score (nSPS) is 14.3. The number of aliphatic carboxylic acids is 2. The van der Waals surface area contributed by atoms with Gasteiger partial charge in [0, 0.05) is 6.42 Å². The highest BCUT2D eigenvalue weighted by Gasteiger charge is 2.30. The molecule has 0 aromatic heterocycles. The maximum atomic E-state index is 12.7. The van der Waals surface area contributed by atoms with Gasteiger partial charge in [0.25, 0.3) is 0 Å². The first kappa shape index (κ1) is 29.7. The lowest BCUT2D eigenvalue weighted by Crippen LogP contribution is -2.58. The van der Waals surface area contributed by atoms with Gasteiger partial charge < -0.3 is 48.5 Å². The van der Waals surface area contributed by atoms with Gasteiger partial charge in [-0.05, 0) is 32.2 Å². The molecule has 0 bridgehead atoms. The van der Waals surface area contributed by atoms with Crippen LogP contribution >= 0.6 is 0 Å². The zero-order valence-corrected chi connectivity index (χ0v) is 18.0. The summed E-state index contributed by atoms with van der Waals surface area (Å²) in [4.78, 5) is 70.4. The molecule has 4 amide bonds. The van der Waals surface area contributed by atoms with Crippen LogP contribution in [0, 0.1) is 0 Å². The average Bonchev–Trinajstić information content (AvgIpc) is 2.73. The predicted molar refractivity (Wildman–Crippen MR) is 112 cm³/mol. The summed E-state index contributed by atoms with van der Waals surface area (Å²) < 4.78 is 0. The molecule has 4 atom stereocenters. The highest BCUT2D eigenvalue weighted by molar-refractivity contribution is 5.96. The van der Waals surface area contributed by atoms with Crippen molar-refractivity contribution in [2.24, 2.45) is 17.2 Å². The van der Waals surface area contributed by atoms with Crippen LogP contribution in [0.5, 0.6) is 0 Å². The molecule has 15 heteroatoms. The third-order valence-corrected chi connectivity index (χ3v) is 4.42. The van der Waals surface area contributed by atoms with Gasteiger partial charge in [-0.1, -0.05) is 0 Å². The second-order valence-corrected chi connectivity index (χ2v) is 7.20. The number of carbonyl (C=O) groups excluding carboxylic acids is 4. The number of rotatable bonds is 17. The van der Waals surface area contributed by atoms with Crippen molar-refractivity contribution in [1.29, 1.82) is 0 Å². The van der Waals surface area contributed by atoms with Crippen LogP contribution in [0.4, 0.5) is 0 Å². The van der Waals surface area contributed by atoms with E-state index in [4.69, 9.17) is 32.5 Å². The number of nitrogens with two attached hydrogens (primary N) is 3. The number of aliphatic hydroxyl groups excluding tert-OH is 1. The molecule has 0 aromatic carbocycles. The number of carbonyl (C=O) groups is 6. The Balaban J connectivity index is 5.41. The molecule has 0 saturated carbocycles. The number of hydrogen-bond donors (Lipinski definition) is 9. The van der Waals surface area contributed by atoms with Gasteiger partial charge in [0.15, 0.2) is 0 Å². The lowest BCUT2D eigenvalue weighted by atomic mass is 10.1. The molecule has 0 fully saturated rings. The van der Waals surface area contributed by atoms with Crippen LogP contribution in [0.2, 0.25) is 0 Å². The van der Waals surface area contributed by atoms with Crippen LogP contribution in [0.3, 0.4) is 0 Å². The van der Waals surface area contributed by atoms with Crippen LogP contribution in [-0.4, -0.2) is 88.2 Å². The summed E-state index contributed by atoms with van der Waals surface area (Å²) in [7, 11) is 0. The first-order chi connectivity index (χ1) is 15.4. The molecule has 0 aliphatic heterocycles. The van der Waals surface area contributed by atoms with Crippen molar-refractivity contribution in [3.05, 3.63) is 0 Å². The number of aliphatic hydroxyl groups is 1. The highest BCUT2D eigenvalue weighted by Crippen LogP contribution is 2.04. The Kier molecular flexibility index (Phi) is 13.9. The number of amides is 4. The van der Waals surface area contributed by atoms with Gasteiger partial charge in [-0.15, -0.1) is 0 Å². The fraction of sp³-hybridized carbons (Fsp3) is 0.667. The molecule has 0 spiro atoms. The van der Waals surface area contributed by atoms with Crippen molar-refractivity contribution in [2.45, 2.75) is 62.7 Å². The zero-order valence-electron chi connectivity index (χ0n) is 18.0. The standard InChI is InChI=1S/C18H32N6O9/c19-6-2-1-3-10(16(30)24-12(8-25)18(32)33)22-17(31)11(7-13(21)26)23-15(29)9(20)4-5-14(27)28/h9-12,25H,1-8,19-20H2,(H2,21,26)(H,22,31)(H,23,29)(H,24,30)(H,27,28)(H,32,33). The van der Waals surface area contributed by atoms with E-state index in [2.05, 4.69) is 16.0 Å². The van der Waals surface area contributed by atoms with E-state index in [1.165, 1.54) is 0 Å². The zero-order chi connectivity index (χ0) is 25.6. The Morgan fingerprint density at radius 1 is 0.788 bits per heavy atom. The number of hydrogen-bond acceptors (Lipinski definition) is 9. The van der Waals surface area contributed by atoms with Crippen LogP contribution in [-0.2, 0) is 28.8 Å². The average molecular weight is 476 g/mol. The molecule has 0 rings (SSSR count). The summed E-state index contributed by atoms with van der Waals surface area (Å²) in [6.45, 7) is -0.593. The van der Waals surface area contributed by atoms with Gasteiger partial charge in [0.1, 0.15) is 18.1 Å². The van der Waals surface area contributed by atoms with Gasteiger partial charge in [-0.3, -0.25) is 24.0 Å². The molecule has 0 aliphatic rings. The fourth-order valence-corrected chi connectivity index (χ4v) is 2.59. The number of carboxylic acids is 2. The van der Waals surface area contributed by atoms with Gasteiger partial charge in [0.05, 0.1) is 19.1 Å². The number of unbranched alkanes of at least 4 members (excludes halogenated alkanes) is 1. The molecule has 188 valence electrons. The maximum absolute atomic E-state index is 12.7. The van der Waals surface area contributed by atoms with Crippen LogP contribution in [0.25, 0.3) is 0 Å². The van der Waals surface area contributed by atoms with Crippen molar-refractivity contribution in [3.8, 4) is 0 Å². The molecule has 4 unspecified atom stereocenters. The molecule has 0 aliphatic carbocycles. The van der Waals surface area contributed by atoms with Gasteiger partial charge in [-0.25, -0.2) is 4.79 Å². The molecule has 0 heterocycles. The monoisotopic (exact) mass is 476 g/mol. The summed E-state index contributed by atoms with van der Waals surface area (Å²) in [5, 5.41) is 33.4. The van der Waals surface area contributed by atoms with Crippen molar-refractivity contribution in [2.75, 3.05) is 13.2 Å². The SMILES string of the molecule is NCCCCC(NC(=O)C(CC(N)=O)NC(=O)C(N)CCC(=O)O)C(=O)NC(CO)C(=O)O. The molecule has 33 heavy (non-hydrogen) atoms. The summed E-state index contributed by atoms with van der Waals surface area (Å²) >= 11 is 0. The maximum Gasteiger partial charge on any atom is 0.328 e. The Hall–Kier alpha value is -3.30. The lowest BCUT2D eigenvalue weighted by Gasteiger charge is -2.24. The number of nitrogens with one attached hydrogen (secondary N) is 3.